The highest BCUT2D eigenvalue weighted by atomic mass is 16.5. The molecule has 1 fully saturated rings. The summed E-state index contributed by atoms with van der Waals surface area (Å²) in [4.78, 5) is 17.5. The fourth-order valence-electron chi connectivity index (χ4n) is 2.50. The van der Waals surface area contributed by atoms with Crippen molar-refractivity contribution in [3.05, 3.63) is 24.2 Å². The fraction of sp³-hybridized carbons (Fsp3) is 0.462. The van der Waals surface area contributed by atoms with E-state index in [0.717, 1.165) is 6.42 Å². The van der Waals surface area contributed by atoms with Gasteiger partial charge in [0.2, 0.25) is 0 Å². The molecular weight excluding hydrogens is 262 g/mol. The number of carbonyl (C=O) groups is 1. The standard InChI is InChI=1S/C13H15N3O4/c1-13(12(17)18)5-3-6-16(13)8-10-14-11(20-15-10)9-4-2-7-19-9/h2,4,7H,3,5-6,8H2,1H3,(H,17,18). The van der Waals surface area contributed by atoms with Gasteiger partial charge in [-0.15, -0.1) is 0 Å². The van der Waals surface area contributed by atoms with Crippen LogP contribution < -0.4 is 0 Å². The van der Waals surface area contributed by atoms with Crippen molar-refractivity contribution in [3.63, 3.8) is 0 Å². The molecule has 0 aromatic carbocycles. The van der Waals surface area contributed by atoms with Crippen LogP contribution in [0.3, 0.4) is 0 Å². The molecule has 0 spiro atoms. The fourth-order valence-corrected chi connectivity index (χ4v) is 2.50. The molecule has 20 heavy (non-hydrogen) atoms. The average Bonchev–Trinajstić information content (AvgIpc) is 3.12. The molecule has 0 aliphatic carbocycles. The Bertz CT molecular complexity index is 607. The van der Waals surface area contributed by atoms with Gasteiger partial charge in [0.1, 0.15) is 5.54 Å². The number of aliphatic carboxylic acids is 1. The number of rotatable bonds is 4. The quantitative estimate of drug-likeness (QED) is 0.910. The van der Waals surface area contributed by atoms with Gasteiger partial charge in [-0.1, -0.05) is 5.16 Å². The van der Waals surface area contributed by atoms with Crippen molar-refractivity contribution >= 4 is 5.97 Å². The maximum Gasteiger partial charge on any atom is 0.323 e. The van der Waals surface area contributed by atoms with Crippen molar-refractivity contribution in [2.24, 2.45) is 0 Å². The van der Waals surface area contributed by atoms with Crippen molar-refractivity contribution in [3.8, 4) is 11.7 Å². The first-order valence-corrected chi connectivity index (χ1v) is 6.44. The average molecular weight is 277 g/mol. The minimum atomic E-state index is -0.856. The van der Waals surface area contributed by atoms with Gasteiger partial charge in [0, 0.05) is 0 Å². The zero-order chi connectivity index (χ0) is 14.2. The summed E-state index contributed by atoms with van der Waals surface area (Å²) >= 11 is 0. The van der Waals surface area contributed by atoms with Crippen molar-refractivity contribution < 1.29 is 18.8 Å². The largest absolute Gasteiger partial charge is 0.480 e. The summed E-state index contributed by atoms with van der Waals surface area (Å²) in [5.74, 6) is 0.461. The van der Waals surface area contributed by atoms with E-state index < -0.39 is 11.5 Å². The molecule has 1 aliphatic heterocycles. The summed E-state index contributed by atoms with van der Waals surface area (Å²) in [6.45, 7) is 2.80. The van der Waals surface area contributed by atoms with E-state index >= 15 is 0 Å². The molecule has 106 valence electrons. The van der Waals surface area contributed by atoms with E-state index in [0.29, 0.717) is 37.0 Å². The Labute approximate surface area is 115 Å². The van der Waals surface area contributed by atoms with Crippen LogP contribution in [0.2, 0.25) is 0 Å². The summed E-state index contributed by atoms with van der Waals surface area (Å²) in [5, 5.41) is 13.2. The minimum Gasteiger partial charge on any atom is -0.480 e. The lowest BCUT2D eigenvalue weighted by Crippen LogP contribution is -2.47. The number of carboxylic acids is 1. The molecule has 1 N–H and O–H groups in total. The molecular formula is C13H15N3O4. The molecule has 7 nitrogen and oxygen atoms in total. The molecule has 1 unspecified atom stereocenters. The summed E-state index contributed by atoms with van der Waals surface area (Å²) in [5.41, 5.74) is -0.856. The van der Waals surface area contributed by atoms with Gasteiger partial charge in [-0.05, 0) is 38.4 Å². The van der Waals surface area contributed by atoms with Crippen LogP contribution in [0.1, 0.15) is 25.6 Å². The minimum absolute atomic E-state index is 0.307. The van der Waals surface area contributed by atoms with E-state index in [1.165, 1.54) is 6.26 Å². The van der Waals surface area contributed by atoms with E-state index in [9.17, 15) is 9.90 Å². The molecule has 0 bridgehead atoms. The van der Waals surface area contributed by atoms with Crippen LogP contribution in [0.25, 0.3) is 11.7 Å². The number of furan rings is 1. The highest BCUT2D eigenvalue weighted by Gasteiger charge is 2.43. The van der Waals surface area contributed by atoms with Crippen LogP contribution in [0.4, 0.5) is 0 Å². The number of aromatic nitrogens is 2. The van der Waals surface area contributed by atoms with E-state index in [2.05, 4.69) is 10.1 Å². The number of hydrogen-bond acceptors (Lipinski definition) is 6. The number of hydrogen-bond donors (Lipinski definition) is 1. The van der Waals surface area contributed by atoms with Crippen molar-refractivity contribution in [2.75, 3.05) is 6.54 Å². The molecule has 0 radical (unpaired) electrons. The first-order chi connectivity index (χ1) is 9.59. The summed E-state index contributed by atoms with van der Waals surface area (Å²) < 4.78 is 10.3. The molecule has 2 aromatic heterocycles. The number of carboxylic acid groups (broad SMARTS) is 1. The zero-order valence-corrected chi connectivity index (χ0v) is 11.1. The lowest BCUT2D eigenvalue weighted by molar-refractivity contribution is -0.149. The highest BCUT2D eigenvalue weighted by molar-refractivity contribution is 5.78. The molecule has 3 rings (SSSR count). The predicted molar refractivity (Wildman–Crippen MR) is 67.7 cm³/mol. The summed E-state index contributed by atoms with van der Waals surface area (Å²) in [6.07, 6.45) is 3.01. The second-order valence-corrected chi connectivity index (χ2v) is 5.10. The lowest BCUT2D eigenvalue weighted by Gasteiger charge is -2.29. The molecule has 3 heterocycles. The first-order valence-electron chi connectivity index (χ1n) is 6.44. The second kappa shape index (κ2) is 4.75. The van der Waals surface area contributed by atoms with Gasteiger partial charge >= 0.3 is 5.97 Å². The third-order valence-corrected chi connectivity index (χ3v) is 3.78. The van der Waals surface area contributed by atoms with E-state index in [4.69, 9.17) is 8.94 Å². The highest BCUT2D eigenvalue weighted by Crippen LogP contribution is 2.30. The Hall–Kier alpha value is -2.15. The van der Waals surface area contributed by atoms with E-state index in [-0.39, 0.29) is 0 Å². The molecule has 1 saturated heterocycles. The zero-order valence-electron chi connectivity index (χ0n) is 11.1. The topological polar surface area (TPSA) is 92.6 Å². The van der Waals surface area contributed by atoms with Gasteiger partial charge in [-0.3, -0.25) is 9.69 Å². The van der Waals surface area contributed by atoms with Crippen LogP contribution in [0.15, 0.2) is 27.3 Å². The van der Waals surface area contributed by atoms with Crippen LogP contribution in [0.5, 0.6) is 0 Å². The van der Waals surface area contributed by atoms with Gasteiger partial charge in [-0.25, -0.2) is 0 Å². The molecule has 1 aliphatic rings. The number of likely N-dealkylation sites (tertiary alicyclic amines) is 1. The van der Waals surface area contributed by atoms with Crippen LogP contribution in [-0.4, -0.2) is 38.2 Å². The van der Waals surface area contributed by atoms with Gasteiger partial charge in [0.15, 0.2) is 11.6 Å². The maximum absolute atomic E-state index is 11.4. The maximum atomic E-state index is 11.4. The van der Waals surface area contributed by atoms with E-state index in [1.807, 2.05) is 4.90 Å². The van der Waals surface area contributed by atoms with Gasteiger partial charge in [0.25, 0.3) is 5.89 Å². The van der Waals surface area contributed by atoms with Crippen molar-refractivity contribution in [2.45, 2.75) is 31.8 Å². The lowest BCUT2D eigenvalue weighted by atomic mass is 9.99. The van der Waals surface area contributed by atoms with E-state index in [1.54, 1.807) is 19.1 Å². The molecule has 2 aromatic rings. The third kappa shape index (κ3) is 2.09. The SMILES string of the molecule is CC1(C(=O)O)CCCN1Cc1noc(-c2ccco2)n1. The Morgan fingerprint density at radius 2 is 2.45 bits per heavy atom. The monoisotopic (exact) mass is 277 g/mol. The normalized spacial score (nSPS) is 23.2. The Morgan fingerprint density at radius 1 is 1.60 bits per heavy atom. The Kier molecular flexibility index (Phi) is 3.06. The third-order valence-electron chi connectivity index (χ3n) is 3.78. The van der Waals surface area contributed by atoms with Gasteiger partial charge in [0.05, 0.1) is 12.8 Å². The summed E-state index contributed by atoms with van der Waals surface area (Å²) in [7, 11) is 0. The Balaban J connectivity index is 1.77. The van der Waals surface area contributed by atoms with Crippen LogP contribution >= 0.6 is 0 Å². The number of nitrogens with zero attached hydrogens (tertiary/aromatic N) is 3. The van der Waals surface area contributed by atoms with Crippen LogP contribution in [-0.2, 0) is 11.3 Å². The summed E-state index contributed by atoms with van der Waals surface area (Å²) in [6, 6.07) is 3.47. The van der Waals surface area contributed by atoms with Crippen LogP contribution in [0, 0.1) is 0 Å². The molecule has 0 amide bonds. The Morgan fingerprint density at radius 3 is 3.15 bits per heavy atom. The van der Waals surface area contributed by atoms with Gasteiger partial charge < -0.3 is 14.0 Å². The molecule has 0 saturated carbocycles. The predicted octanol–water partition coefficient (Wildman–Crippen LogP) is 1.77. The van der Waals surface area contributed by atoms with Crippen molar-refractivity contribution in [1.82, 2.24) is 15.0 Å². The molecule has 7 heteroatoms. The molecule has 1 atom stereocenters. The smallest absolute Gasteiger partial charge is 0.323 e. The first kappa shape index (κ1) is 12.9. The van der Waals surface area contributed by atoms with Gasteiger partial charge in [-0.2, -0.15) is 4.98 Å². The second-order valence-electron chi connectivity index (χ2n) is 5.10. The van der Waals surface area contributed by atoms with Crippen molar-refractivity contribution in [1.29, 1.82) is 0 Å².